The Kier molecular flexibility index (Phi) is 6.44. The van der Waals surface area contributed by atoms with Crippen LogP contribution in [0.15, 0.2) is 72.8 Å². The number of carbonyl (C=O) groups excluding carboxylic acids is 2. The van der Waals surface area contributed by atoms with Gasteiger partial charge < -0.3 is 15.1 Å². The highest BCUT2D eigenvalue weighted by Gasteiger charge is 2.29. The number of nitrogens with zero attached hydrogens (tertiary/aromatic N) is 2. The predicted octanol–water partition coefficient (Wildman–Crippen LogP) is 5.68. The van der Waals surface area contributed by atoms with Gasteiger partial charge in [0, 0.05) is 46.5 Å². The summed E-state index contributed by atoms with van der Waals surface area (Å²) >= 11 is 12.5. The molecular formula is C24H21Cl2N3O2. The molecule has 3 aromatic rings. The van der Waals surface area contributed by atoms with E-state index in [0.29, 0.717) is 47.5 Å². The number of urea groups is 1. The minimum Gasteiger partial charge on any atom is -0.322 e. The Morgan fingerprint density at radius 2 is 1.42 bits per heavy atom. The van der Waals surface area contributed by atoms with E-state index in [9.17, 15) is 9.59 Å². The van der Waals surface area contributed by atoms with Crippen LogP contribution in [0.2, 0.25) is 10.0 Å². The zero-order valence-corrected chi connectivity index (χ0v) is 18.2. The third kappa shape index (κ3) is 5.01. The summed E-state index contributed by atoms with van der Waals surface area (Å²) in [4.78, 5) is 28.6. The summed E-state index contributed by atoms with van der Waals surface area (Å²) in [5.74, 6) is -0.156. The fourth-order valence-electron chi connectivity index (χ4n) is 3.51. The van der Waals surface area contributed by atoms with Crippen molar-refractivity contribution in [2.75, 3.05) is 18.4 Å². The SMILES string of the molecule is O=C(Nc1ccc(CN2CCN(Cc3c(Cl)cccc3Cl)C2=O)cc1)c1ccccc1. The smallest absolute Gasteiger partial charge is 0.320 e. The molecule has 1 saturated heterocycles. The topological polar surface area (TPSA) is 52.7 Å². The Labute approximate surface area is 191 Å². The van der Waals surface area contributed by atoms with E-state index in [4.69, 9.17) is 23.2 Å². The molecule has 3 amide bonds. The quantitative estimate of drug-likeness (QED) is 0.521. The first-order valence-electron chi connectivity index (χ1n) is 9.93. The second-order valence-electron chi connectivity index (χ2n) is 7.34. The number of benzene rings is 3. The standard InChI is InChI=1S/C24H21Cl2N3O2/c25-21-7-4-8-22(26)20(21)16-29-14-13-28(24(29)31)15-17-9-11-19(12-10-17)27-23(30)18-5-2-1-3-6-18/h1-12H,13-16H2,(H,27,30). The number of nitrogens with one attached hydrogen (secondary N) is 1. The molecule has 5 nitrogen and oxygen atoms in total. The van der Waals surface area contributed by atoms with Crippen LogP contribution >= 0.6 is 23.2 Å². The molecule has 31 heavy (non-hydrogen) atoms. The number of halogens is 2. The molecule has 1 heterocycles. The summed E-state index contributed by atoms with van der Waals surface area (Å²) in [6, 6.07) is 21.9. The van der Waals surface area contributed by atoms with E-state index in [2.05, 4.69) is 5.32 Å². The molecule has 0 saturated carbocycles. The summed E-state index contributed by atoms with van der Waals surface area (Å²) in [7, 11) is 0. The molecule has 1 fully saturated rings. The molecular weight excluding hydrogens is 433 g/mol. The minimum absolute atomic E-state index is 0.0440. The summed E-state index contributed by atoms with van der Waals surface area (Å²) in [5.41, 5.74) is 3.07. The van der Waals surface area contributed by atoms with Crippen molar-refractivity contribution in [1.82, 2.24) is 9.80 Å². The molecule has 0 aromatic heterocycles. The van der Waals surface area contributed by atoms with Gasteiger partial charge in [0.15, 0.2) is 0 Å². The lowest BCUT2D eigenvalue weighted by Crippen LogP contribution is -2.31. The second-order valence-corrected chi connectivity index (χ2v) is 8.16. The van der Waals surface area contributed by atoms with Crippen molar-refractivity contribution >= 4 is 40.8 Å². The fraction of sp³-hybridized carbons (Fsp3) is 0.167. The van der Waals surface area contributed by atoms with Crippen molar-refractivity contribution in [3.63, 3.8) is 0 Å². The lowest BCUT2D eigenvalue weighted by atomic mass is 10.1. The Morgan fingerprint density at radius 3 is 2.06 bits per heavy atom. The maximum atomic E-state index is 12.8. The summed E-state index contributed by atoms with van der Waals surface area (Å²) in [6.07, 6.45) is 0. The fourth-order valence-corrected chi connectivity index (χ4v) is 4.02. The van der Waals surface area contributed by atoms with Crippen LogP contribution in [-0.2, 0) is 13.1 Å². The average molecular weight is 454 g/mol. The second kappa shape index (κ2) is 9.41. The monoisotopic (exact) mass is 453 g/mol. The maximum Gasteiger partial charge on any atom is 0.320 e. The highest BCUT2D eigenvalue weighted by atomic mass is 35.5. The number of amides is 3. The lowest BCUT2D eigenvalue weighted by molar-refractivity contribution is 0.102. The van der Waals surface area contributed by atoms with Crippen molar-refractivity contribution in [1.29, 1.82) is 0 Å². The lowest BCUT2D eigenvalue weighted by Gasteiger charge is -2.20. The van der Waals surface area contributed by atoms with Crippen molar-refractivity contribution in [3.8, 4) is 0 Å². The van der Waals surface area contributed by atoms with Gasteiger partial charge in [-0.05, 0) is 42.0 Å². The van der Waals surface area contributed by atoms with Crippen LogP contribution in [-0.4, -0.2) is 34.8 Å². The number of rotatable bonds is 6. The van der Waals surface area contributed by atoms with Gasteiger partial charge in [-0.3, -0.25) is 4.79 Å². The Balaban J connectivity index is 1.35. The van der Waals surface area contributed by atoms with Crippen LogP contribution in [0.1, 0.15) is 21.5 Å². The first-order valence-corrected chi connectivity index (χ1v) is 10.7. The first-order chi connectivity index (χ1) is 15.0. The van der Waals surface area contributed by atoms with Crippen LogP contribution in [0.3, 0.4) is 0 Å². The first kappa shape index (κ1) is 21.2. The van der Waals surface area contributed by atoms with Crippen LogP contribution in [0.5, 0.6) is 0 Å². The summed E-state index contributed by atoms with van der Waals surface area (Å²) in [5, 5.41) is 4.00. The van der Waals surface area contributed by atoms with Crippen molar-refractivity contribution in [2.45, 2.75) is 13.1 Å². The van der Waals surface area contributed by atoms with Gasteiger partial charge in [0.25, 0.3) is 5.91 Å². The molecule has 1 aliphatic rings. The van der Waals surface area contributed by atoms with Gasteiger partial charge in [-0.15, -0.1) is 0 Å². The third-order valence-electron chi connectivity index (χ3n) is 5.21. The maximum absolute atomic E-state index is 12.8. The van der Waals surface area contributed by atoms with Gasteiger partial charge in [-0.1, -0.05) is 59.6 Å². The Bertz CT molecular complexity index is 1070. The van der Waals surface area contributed by atoms with Gasteiger partial charge in [0.05, 0.1) is 6.54 Å². The van der Waals surface area contributed by atoms with E-state index in [1.54, 1.807) is 40.1 Å². The average Bonchev–Trinajstić information content (AvgIpc) is 3.12. The van der Waals surface area contributed by atoms with E-state index in [1.165, 1.54) is 0 Å². The van der Waals surface area contributed by atoms with Gasteiger partial charge in [0.2, 0.25) is 0 Å². The molecule has 1 aliphatic heterocycles. The summed E-state index contributed by atoms with van der Waals surface area (Å²) < 4.78 is 0. The van der Waals surface area contributed by atoms with Gasteiger partial charge in [-0.25, -0.2) is 4.79 Å². The highest BCUT2D eigenvalue weighted by molar-refractivity contribution is 6.36. The van der Waals surface area contributed by atoms with E-state index in [0.717, 1.165) is 11.1 Å². The Morgan fingerprint density at radius 1 is 0.806 bits per heavy atom. The minimum atomic E-state index is -0.156. The number of carbonyl (C=O) groups is 2. The van der Waals surface area contributed by atoms with E-state index < -0.39 is 0 Å². The van der Waals surface area contributed by atoms with E-state index in [1.807, 2.05) is 42.5 Å². The van der Waals surface area contributed by atoms with Crippen LogP contribution < -0.4 is 5.32 Å². The van der Waals surface area contributed by atoms with Gasteiger partial charge in [-0.2, -0.15) is 0 Å². The predicted molar refractivity (Wildman–Crippen MR) is 124 cm³/mol. The number of hydrogen-bond donors (Lipinski definition) is 1. The molecule has 0 unspecified atom stereocenters. The highest BCUT2D eigenvalue weighted by Crippen LogP contribution is 2.27. The van der Waals surface area contributed by atoms with E-state index >= 15 is 0 Å². The van der Waals surface area contributed by atoms with Crippen molar-refractivity contribution in [3.05, 3.63) is 99.5 Å². The number of anilines is 1. The largest absolute Gasteiger partial charge is 0.322 e. The van der Waals surface area contributed by atoms with Crippen LogP contribution in [0, 0.1) is 0 Å². The molecule has 3 aromatic carbocycles. The number of hydrogen-bond acceptors (Lipinski definition) is 2. The molecule has 0 aliphatic carbocycles. The molecule has 0 atom stereocenters. The zero-order chi connectivity index (χ0) is 21.8. The van der Waals surface area contributed by atoms with E-state index in [-0.39, 0.29) is 11.9 Å². The molecule has 1 N–H and O–H groups in total. The Hall–Kier alpha value is -3.02. The normalized spacial score (nSPS) is 13.5. The van der Waals surface area contributed by atoms with Gasteiger partial charge >= 0.3 is 6.03 Å². The van der Waals surface area contributed by atoms with Crippen LogP contribution in [0.25, 0.3) is 0 Å². The molecule has 0 radical (unpaired) electrons. The molecule has 158 valence electrons. The van der Waals surface area contributed by atoms with Crippen molar-refractivity contribution < 1.29 is 9.59 Å². The zero-order valence-electron chi connectivity index (χ0n) is 16.7. The molecule has 0 bridgehead atoms. The van der Waals surface area contributed by atoms with Crippen LogP contribution in [0.4, 0.5) is 10.5 Å². The molecule has 4 rings (SSSR count). The van der Waals surface area contributed by atoms with Crippen molar-refractivity contribution in [2.24, 2.45) is 0 Å². The third-order valence-corrected chi connectivity index (χ3v) is 5.92. The van der Waals surface area contributed by atoms with Gasteiger partial charge in [0.1, 0.15) is 0 Å². The molecule has 0 spiro atoms. The summed E-state index contributed by atoms with van der Waals surface area (Å²) in [6.45, 7) is 2.13. The molecule has 7 heteroatoms.